The first-order chi connectivity index (χ1) is 11.7. The zero-order valence-electron chi connectivity index (χ0n) is 14.5. The summed E-state index contributed by atoms with van der Waals surface area (Å²) in [6, 6.07) is 8.26. The Kier molecular flexibility index (Phi) is 5.05. The summed E-state index contributed by atoms with van der Waals surface area (Å²) in [6.45, 7) is 10.4. The lowest BCUT2D eigenvalue weighted by Gasteiger charge is -2.18. The quantitative estimate of drug-likeness (QED) is 0.724. The Labute approximate surface area is 142 Å². The number of aryl methyl sites for hydroxylation is 1. The second-order valence-electron chi connectivity index (χ2n) is 5.81. The van der Waals surface area contributed by atoms with E-state index in [0.717, 1.165) is 48.7 Å². The predicted octanol–water partition coefficient (Wildman–Crippen LogP) is 2.88. The summed E-state index contributed by atoms with van der Waals surface area (Å²) in [4.78, 5) is 11.2. The molecule has 3 aromatic rings. The standard InChI is InChI=1S/C18H24N6/c1-4-23(5-2)11-10-19-17-16-12-22-24(18(16)21-13-20-17)15-8-6-14(3)7-9-15/h6-9,12-13H,4-5,10-11H2,1-3H3,(H,19,20,21). The summed E-state index contributed by atoms with van der Waals surface area (Å²) in [5.41, 5.74) is 3.05. The maximum absolute atomic E-state index is 4.50. The molecule has 1 aromatic carbocycles. The van der Waals surface area contributed by atoms with Crippen molar-refractivity contribution in [2.24, 2.45) is 0 Å². The molecule has 0 aliphatic carbocycles. The van der Waals surface area contributed by atoms with Crippen LogP contribution in [0.25, 0.3) is 16.7 Å². The van der Waals surface area contributed by atoms with Gasteiger partial charge in [-0.15, -0.1) is 0 Å². The number of hydrogen-bond acceptors (Lipinski definition) is 5. The third kappa shape index (κ3) is 3.38. The maximum atomic E-state index is 4.50. The molecular formula is C18H24N6. The molecule has 0 unspecified atom stereocenters. The van der Waals surface area contributed by atoms with Gasteiger partial charge >= 0.3 is 0 Å². The van der Waals surface area contributed by atoms with Crippen molar-refractivity contribution in [1.29, 1.82) is 0 Å². The highest BCUT2D eigenvalue weighted by atomic mass is 15.3. The van der Waals surface area contributed by atoms with E-state index in [1.165, 1.54) is 5.56 Å². The number of benzene rings is 1. The second kappa shape index (κ2) is 7.40. The Morgan fingerprint density at radius 2 is 1.83 bits per heavy atom. The monoisotopic (exact) mass is 324 g/mol. The number of anilines is 1. The van der Waals surface area contributed by atoms with Gasteiger partial charge in [-0.25, -0.2) is 14.6 Å². The first-order valence-electron chi connectivity index (χ1n) is 8.45. The second-order valence-corrected chi connectivity index (χ2v) is 5.81. The van der Waals surface area contributed by atoms with E-state index in [2.05, 4.69) is 70.3 Å². The van der Waals surface area contributed by atoms with Crippen LogP contribution < -0.4 is 5.32 Å². The van der Waals surface area contributed by atoms with Crippen LogP contribution in [0.3, 0.4) is 0 Å². The fraction of sp³-hybridized carbons (Fsp3) is 0.389. The summed E-state index contributed by atoms with van der Waals surface area (Å²) in [7, 11) is 0. The number of aromatic nitrogens is 4. The molecule has 0 aliphatic rings. The van der Waals surface area contributed by atoms with Gasteiger partial charge in [-0.2, -0.15) is 5.10 Å². The largest absolute Gasteiger partial charge is 0.368 e. The van der Waals surface area contributed by atoms with Crippen molar-refractivity contribution in [3.05, 3.63) is 42.4 Å². The molecule has 2 aromatic heterocycles. The SMILES string of the molecule is CCN(CC)CCNc1ncnc2c1cnn2-c1ccc(C)cc1. The van der Waals surface area contributed by atoms with Crippen molar-refractivity contribution in [2.75, 3.05) is 31.5 Å². The molecule has 6 nitrogen and oxygen atoms in total. The van der Waals surface area contributed by atoms with Gasteiger partial charge in [-0.3, -0.25) is 0 Å². The van der Waals surface area contributed by atoms with Crippen LogP contribution in [0.2, 0.25) is 0 Å². The number of nitrogens with zero attached hydrogens (tertiary/aromatic N) is 5. The van der Waals surface area contributed by atoms with Crippen LogP contribution in [0, 0.1) is 6.92 Å². The molecule has 0 amide bonds. The Morgan fingerprint density at radius 3 is 2.54 bits per heavy atom. The van der Waals surface area contributed by atoms with Crippen LogP contribution in [0.15, 0.2) is 36.8 Å². The van der Waals surface area contributed by atoms with Gasteiger partial charge in [-0.1, -0.05) is 31.5 Å². The van der Waals surface area contributed by atoms with Gasteiger partial charge < -0.3 is 10.2 Å². The lowest BCUT2D eigenvalue weighted by molar-refractivity contribution is 0.316. The molecule has 1 N–H and O–H groups in total. The molecule has 0 atom stereocenters. The van der Waals surface area contributed by atoms with Crippen molar-refractivity contribution >= 4 is 16.9 Å². The van der Waals surface area contributed by atoms with E-state index in [1.54, 1.807) is 6.33 Å². The third-order valence-electron chi connectivity index (χ3n) is 4.26. The Balaban J connectivity index is 1.82. The molecule has 3 rings (SSSR count). The predicted molar refractivity (Wildman–Crippen MR) is 97.7 cm³/mol. The fourth-order valence-corrected chi connectivity index (χ4v) is 2.73. The van der Waals surface area contributed by atoms with E-state index in [4.69, 9.17) is 0 Å². The molecule has 0 fully saturated rings. The molecular weight excluding hydrogens is 300 g/mol. The van der Waals surface area contributed by atoms with Crippen LogP contribution >= 0.6 is 0 Å². The third-order valence-corrected chi connectivity index (χ3v) is 4.26. The maximum Gasteiger partial charge on any atom is 0.168 e. The fourth-order valence-electron chi connectivity index (χ4n) is 2.73. The zero-order chi connectivity index (χ0) is 16.9. The molecule has 0 aliphatic heterocycles. The summed E-state index contributed by atoms with van der Waals surface area (Å²) >= 11 is 0. The summed E-state index contributed by atoms with van der Waals surface area (Å²) in [6.07, 6.45) is 3.42. The van der Waals surface area contributed by atoms with Gasteiger partial charge in [0.05, 0.1) is 17.3 Å². The van der Waals surface area contributed by atoms with Gasteiger partial charge in [0.25, 0.3) is 0 Å². The van der Waals surface area contributed by atoms with E-state index >= 15 is 0 Å². The molecule has 24 heavy (non-hydrogen) atoms. The highest BCUT2D eigenvalue weighted by molar-refractivity contribution is 5.87. The minimum atomic E-state index is 0.819. The minimum absolute atomic E-state index is 0.819. The van der Waals surface area contributed by atoms with E-state index < -0.39 is 0 Å². The molecule has 0 radical (unpaired) electrons. The first kappa shape index (κ1) is 16.4. The van der Waals surface area contributed by atoms with Crippen LogP contribution in [-0.2, 0) is 0 Å². The van der Waals surface area contributed by atoms with E-state index in [1.807, 2.05) is 10.9 Å². The number of hydrogen-bond donors (Lipinski definition) is 1. The van der Waals surface area contributed by atoms with Crippen molar-refractivity contribution in [3.8, 4) is 5.69 Å². The molecule has 0 bridgehead atoms. The Morgan fingerprint density at radius 1 is 1.08 bits per heavy atom. The van der Waals surface area contributed by atoms with Crippen LogP contribution in [-0.4, -0.2) is 50.8 Å². The van der Waals surface area contributed by atoms with Crippen molar-refractivity contribution in [3.63, 3.8) is 0 Å². The Hall–Kier alpha value is -2.47. The zero-order valence-corrected chi connectivity index (χ0v) is 14.5. The molecule has 0 saturated heterocycles. The summed E-state index contributed by atoms with van der Waals surface area (Å²) < 4.78 is 1.85. The highest BCUT2D eigenvalue weighted by Crippen LogP contribution is 2.21. The molecule has 126 valence electrons. The average Bonchev–Trinajstić information content (AvgIpc) is 3.04. The van der Waals surface area contributed by atoms with Gasteiger partial charge in [0, 0.05) is 13.1 Å². The summed E-state index contributed by atoms with van der Waals surface area (Å²) in [5, 5.41) is 8.85. The molecule has 0 saturated carbocycles. The van der Waals surface area contributed by atoms with Crippen LogP contribution in [0.1, 0.15) is 19.4 Å². The molecule has 6 heteroatoms. The lowest BCUT2D eigenvalue weighted by atomic mass is 10.2. The van der Waals surface area contributed by atoms with Crippen molar-refractivity contribution in [2.45, 2.75) is 20.8 Å². The van der Waals surface area contributed by atoms with Crippen molar-refractivity contribution in [1.82, 2.24) is 24.6 Å². The van der Waals surface area contributed by atoms with Crippen LogP contribution in [0.5, 0.6) is 0 Å². The highest BCUT2D eigenvalue weighted by Gasteiger charge is 2.11. The van der Waals surface area contributed by atoms with Gasteiger partial charge in [-0.05, 0) is 32.1 Å². The normalized spacial score (nSPS) is 11.3. The number of likely N-dealkylation sites (N-methyl/N-ethyl adjacent to an activating group) is 1. The topological polar surface area (TPSA) is 58.9 Å². The number of fused-ring (bicyclic) bond motifs is 1. The van der Waals surface area contributed by atoms with E-state index in [9.17, 15) is 0 Å². The molecule has 2 heterocycles. The van der Waals surface area contributed by atoms with Gasteiger partial charge in [0.15, 0.2) is 5.65 Å². The Bertz CT molecular complexity index is 789. The van der Waals surface area contributed by atoms with E-state index in [0.29, 0.717) is 0 Å². The molecule has 0 spiro atoms. The number of nitrogens with one attached hydrogen (secondary N) is 1. The van der Waals surface area contributed by atoms with Crippen molar-refractivity contribution < 1.29 is 0 Å². The summed E-state index contributed by atoms with van der Waals surface area (Å²) in [5.74, 6) is 0.838. The van der Waals surface area contributed by atoms with E-state index in [-0.39, 0.29) is 0 Å². The minimum Gasteiger partial charge on any atom is -0.368 e. The van der Waals surface area contributed by atoms with Gasteiger partial charge in [0.2, 0.25) is 0 Å². The van der Waals surface area contributed by atoms with Gasteiger partial charge in [0.1, 0.15) is 12.1 Å². The lowest BCUT2D eigenvalue weighted by Crippen LogP contribution is -2.28. The first-order valence-corrected chi connectivity index (χ1v) is 8.45. The van der Waals surface area contributed by atoms with Crippen LogP contribution in [0.4, 0.5) is 5.82 Å². The average molecular weight is 324 g/mol. The smallest absolute Gasteiger partial charge is 0.168 e. The number of rotatable bonds is 7.